The van der Waals surface area contributed by atoms with Gasteiger partial charge in [0.05, 0.1) is 6.21 Å². The summed E-state index contributed by atoms with van der Waals surface area (Å²) >= 11 is 0. The molecule has 0 bridgehead atoms. The molecule has 1 aromatic heterocycles. The average Bonchev–Trinajstić information content (AvgIpc) is 3.07. The molecule has 0 aliphatic heterocycles. The molecule has 0 saturated carbocycles. The monoisotopic (exact) mass is 349 g/mol. The second-order valence-corrected chi connectivity index (χ2v) is 6.46. The number of aromatic amines is 1. The maximum Gasteiger partial charge on any atom is 0.280 e. The smallest absolute Gasteiger partial charge is 0.280 e. The number of benzene rings is 2. The molecule has 2 aromatic carbocycles. The Labute approximate surface area is 153 Å². The summed E-state index contributed by atoms with van der Waals surface area (Å²) in [6.07, 6.45) is 3.58. The lowest BCUT2D eigenvalue weighted by Crippen LogP contribution is -2.27. The van der Waals surface area contributed by atoms with E-state index in [-0.39, 0.29) is 12.5 Å². The molecule has 0 saturated heterocycles. The molecule has 0 aliphatic carbocycles. The molecule has 0 radical (unpaired) electrons. The van der Waals surface area contributed by atoms with Crippen LogP contribution in [0.2, 0.25) is 0 Å². The van der Waals surface area contributed by atoms with E-state index in [9.17, 15) is 4.79 Å². The van der Waals surface area contributed by atoms with Gasteiger partial charge < -0.3 is 9.72 Å². The second kappa shape index (κ2) is 7.44. The SMILES string of the molecule is Cc1cc(C)c(OCC(=O)N(C)/N=C/c2cccc3[nH]ccc23)c(C)c1. The van der Waals surface area contributed by atoms with Crippen LogP contribution < -0.4 is 4.74 Å². The van der Waals surface area contributed by atoms with Crippen molar-refractivity contribution in [3.05, 3.63) is 64.8 Å². The first-order chi connectivity index (χ1) is 12.5. The van der Waals surface area contributed by atoms with Crippen molar-refractivity contribution in [3.63, 3.8) is 0 Å². The van der Waals surface area contributed by atoms with E-state index < -0.39 is 0 Å². The fourth-order valence-corrected chi connectivity index (χ4v) is 3.06. The van der Waals surface area contributed by atoms with Crippen LogP contribution in [0, 0.1) is 20.8 Å². The van der Waals surface area contributed by atoms with E-state index in [4.69, 9.17) is 4.74 Å². The Morgan fingerprint density at radius 2 is 1.92 bits per heavy atom. The number of likely N-dealkylation sites (N-methyl/N-ethyl adjacent to an activating group) is 1. The minimum Gasteiger partial charge on any atom is -0.483 e. The molecule has 5 heteroatoms. The van der Waals surface area contributed by atoms with E-state index in [2.05, 4.69) is 10.1 Å². The van der Waals surface area contributed by atoms with Crippen molar-refractivity contribution in [1.29, 1.82) is 0 Å². The van der Waals surface area contributed by atoms with Crippen LogP contribution in [0.25, 0.3) is 10.9 Å². The lowest BCUT2D eigenvalue weighted by Gasteiger charge is -2.15. The van der Waals surface area contributed by atoms with Crippen molar-refractivity contribution in [2.75, 3.05) is 13.7 Å². The first kappa shape index (κ1) is 17.7. The molecule has 134 valence electrons. The number of carbonyl (C=O) groups excluding carboxylic acids is 1. The zero-order valence-corrected chi connectivity index (χ0v) is 15.5. The molecule has 1 N–H and O–H groups in total. The first-order valence-corrected chi connectivity index (χ1v) is 8.53. The van der Waals surface area contributed by atoms with Gasteiger partial charge in [0.1, 0.15) is 5.75 Å². The molecule has 3 aromatic rings. The van der Waals surface area contributed by atoms with Crippen molar-refractivity contribution >= 4 is 23.0 Å². The van der Waals surface area contributed by atoms with Gasteiger partial charge in [-0.3, -0.25) is 4.79 Å². The first-order valence-electron chi connectivity index (χ1n) is 8.53. The average molecular weight is 349 g/mol. The molecule has 5 nitrogen and oxygen atoms in total. The van der Waals surface area contributed by atoms with Gasteiger partial charge in [0, 0.05) is 29.7 Å². The van der Waals surface area contributed by atoms with Crippen molar-refractivity contribution in [2.24, 2.45) is 5.10 Å². The third-order valence-electron chi connectivity index (χ3n) is 4.30. The summed E-state index contributed by atoms with van der Waals surface area (Å²) in [6.45, 7) is 5.97. The van der Waals surface area contributed by atoms with Crippen LogP contribution in [0.3, 0.4) is 0 Å². The van der Waals surface area contributed by atoms with E-state index in [0.717, 1.165) is 33.3 Å². The molecular weight excluding hydrogens is 326 g/mol. The Kier molecular flexibility index (Phi) is 5.07. The zero-order chi connectivity index (χ0) is 18.7. The molecule has 0 unspecified atom stereocenters. The number of ether oxygens (including phenoxy) is 1. The Morgan fingerprint density at radius 3 is 2.65 bits per heavy atom. The topological polar surface area (TPSA) is 57.7 Å². The minimum atomic E-state index is -0.207. The van der Waals surface area contributed by atoms with Crippen LogP contribution in [0.15, 0.2) is 47.7 Å². The normalized spacial score (nSPS) is 11.2. The van der Waals surface area contributed by atoms with Gasteiger partial charge in [-0.1, -0.05) is 29.8 Å². The summed E-state index contributed by atoms with van der Waals surface area (Å²) in [4.78, 5) is 15.5. The van der Waals surface area contributed by atoms with Gasteiger partial charge in [0.25, 0.3) is 5.91 Å². The van der Waals surface area contributed by atoms with Crippen molar-refractivity contribution in [3.8, 4) is 5.75 Å². The predicted molar refractivity (Wildman–Crippen MR) is 105 cm³/mol. The fourth-order valence-electron chi connectivity index (χ4n) is 3.06. The van der Waals surface area contributed by atoms with Crippen molar-refractivity contribution in [2.45, 2.75) is 20.8 Å². The lowest BCUT2D eigenvalue weighted by molar-refractivity contribution is -0.132. The molecule has 26 heavy (non-hydrogen) atoms. The Balaban J connectivity index is 1.66. The van der Waals surface area contributed by atoms with Crippen LogP contribution in [-0.2, 0) is 4.79 Å². The third kappa shape index (κ3) is 3.77. The zero-order valence-electron chi connectivity index (χ0n) is 15.5. The van der Waals surface area contributed by atoms with Gasteiger partial charge in [-0.2, -0.15) is 5.10 Å². The van der Waals surface area contributed by atoms with Gasteiger partial charge in [-0.25, -0.2) is 5.01 Å². The lowest BCUT2D eigenvalue weighted by atomic mass is 10.1. The number of fused-ring (bicyclic) bond motifs is 1. The summed E-state index contributed by atoms with van der Waals surface area (Å²) in [6, 6.07) is 12.0. The maximum absolute atomic E-state index is 12.3. The number of hydrogen-bond acceptors (Lipinski definition) is 3. The molecule has 3 rings (SSSR count). The summed E-state index contributed by atoms with van der Waals surface area (Å²) in [5.74, 6) is 0.556. The molecule has 0 aliphatic rings. The highest BCUT2D eigenvalue weighted by Crippen LogP contribution is 2.24. The number of aryl methyl sites for hydroxylation is 3. The fraction of sp³-hybridized carbons (Fsp3) is 0.238. The van der Waals surface area contributed by atoms with Gasteiger partial charge in [0.15, 0.2) is 6.61 Å². The second-order valence-electron chi connectivity index (χ2n) is 6.46. The maximum atomic E-state index is 12.3. The molecule has 1 heterocycles. The number of amides is 1. The summed E-state index contributed by atoms with van der Waals surface area (Å²) in [7, 11) is 1.63. The number of carbonyl (C=O) groups is 1. The summed E-state index contributed by atoms with van der Waals surface area (Å²) in [5, 5.41) is 6.64. The Bertz CT molecular complexity index is 949. The number of H-pyrrole nitrogens is 1. The number of rotatable bonds is 5. The van der Waals surface area contributed by atoms with E-state index in [0.29, 0.717) is 0 Å². The van der Waals surface area contributed by atoms with Gasteiger partial charge >= 0.3 is 0 Å². The highest BCUT2D eigenvalue weighted by atomic mass is 16.5. The van der Waals surface area contributed by atoms with E-state index in [1.54, 1.807) is 13.3 Å². The standard InChI is InChI=1S/C21H23N3O2/c1-14-10-15(2)21(16(3)11-14)26-13-20(25)24(4)23-12-17-6-5-7-19-18(17)8-9-22-19/h5-12,22H,13H2,1-4H3/b23-12+. The molecular formula is C21H23N3O2. The van der Waals surface area contributed by atoms with Crippen LogP contribution in [0.1, 0.15) is 22.3 Å². The third-order valence-corrected chi connectivity index (χ3v) is 4.30. The molecule has 0 atom stereocenters. The number of nitrogens with zero attached hydrogens (tertiary/aromatic N) is 2. The predicted octanol–water partition coefficient (Wildman–Crippen LogP) is 3.96. The quantitative estimate of drug-likeness (QED) is 0.560. The number of nitrogens with one attached hydrogen (secondary N) is 1. The van der Waals surface area contributed by atoms with E-state index in [1.807, 2.05) is 63.4 Å². The number of hydrogen-bond donors (Lipinski definition) is 1. The van der Waals surface area contributed by atoms with E-state index >= 15 is 0 Å². The van der Waals surface area contributed by atoms with Crippen LogP contribution in [-0.4, -0.2) is 35.8 Å². The number of hydrazone groups is 1. The molecule has 1 amide bonds. The summed E-state index contributed by atoms with van der Waals surface area (Å²) < 4.78 is 5.75. The molecule has 0 spiro atoms. The van der Waals surface area contributed by atoms with Gasteiger partial charge in [0.2, 0.25) is 0 Å². The van der Waals surface area contributed by atoms with Crippen LogP contribution in [0.4, 0.5) is 0 Å². The highest BCUT2D eigenvalue weighted by Gasteiger charge is 2.11. The highest BCUT2D eigenvalue weighted by molar-refractivity contribution is 5.98. The number of aromatic nitrogens is 1. The van der Waals surface area contributed by atoms with Crippen molar-refractivity contribution < 1.29 is 9.53 Å². The van der Waals surface area contributed by atoms with Gasteiger partial charge in [-0.15, -0.1) is 0 Å². The summed E-state index contributed by atoms with van der Waals surface area (Å²) in [5.41, 5.74) is 5.23. The van der Waals surface area contributed by atoms with Crippen LogP contribution >= 0.6 is 0 Å². The Hall–Kier alpha value is -3.08. The minimum absolute atomic E-state index is 0.0487. The van der Waals surface area contributed by atoms with Gasteiger partial charge in [-0.05, 0) is 44.0 Å². The van der Waals surface area contributed by atoms with Crippen LogP contribution in [0.5, 0.6) is 5.75 Å². The molecule has 0 fully saturated rings. The van der Waals surface area contributed by atoms with Crippen molar-refractivity contribution in [1.82, 2.24) is 9.99 Å². The largest absolute Gasteiger partial charge is 0.483 e. The Morgan fingerprint density at radius 1 is 1.19 bits per heavy atom. The van der Waals surface area contributed by atoms with E-state index in [1.165, 1.54) is 10.6 Å².